The van der Waals surface area contributed by atoms with Crippen LogP contribution in [-0.2, 0) is 14.3 Å². The van der Waals surface area contributed by atoms with Crippen molar-refractivity contribution in [2.24, 2.45) is 10.8 Å². The number of rotatable bonds is 8. The molecule has 6 heteroatoms. The van der Waals surface area contributed by atoms with Gasteiger partial charge in [0, 0.05) is 35.3 Å². The summed E-state index contributed by atoms with van der Waals surface area (Å²) in [7, 11) is 3.90. The van der Waals surface area contributed by atoms with Crippen LogP contribution < -0.4 is 5.32 Å². The average molecular weight is 404 g/mol. The molecular weight excluding hydrogens is 366 g/mol. The molecule has 0 spiro atoms. The smallest absolute Gasteiger partial charge is 0.303 e. The van der Waals surface area contributed by atoms with Crippen molar-refractivity contribution < 1.29 is 14.3 Å². The van der Waals surface area contributed by atoms with E-state index >= 15 is 0 Å². The second-order valence-electron chi connectivity index (χ2n) is 10.1. The molecule has 0 aromatic heterocycles. The van der Waals surface area contributed by atoms with Gasteiger partial charge in [-0.3, -0.25) is 9.59 Å². The Hall–Kier alpha value is -0.360. The molecule has 1 amide bonds. The summed E-state index contributed by atoms with van der Waals surface area (Å²) in [5.41, 5.74) is -1.44. The highest BCUT2D eigenvalue weighted by Crippen LogP contribution is 2.50. The summed E-state index contributed by atoms with van der Waals surface area (Å²) in [6.45, 7) is 17.8. The highest BCUT2D eigenvalue weighted by molar-refractivity contribution is 8.77. The van der Waals surface area contributed by atoms with Crippen LogP contribution >= 0.6 is 21.6 Å². The number of hydrogen-bond donors (Lipinski definition) is 1. The van der Waals surface area contributed by atoms with Crippen LogP contribution in [-0.4, -0.2) is 34.0 Å². The third-order valence-electron chi connectivity index (χ3n) is 4.77. The molecule has 1 unspecified atom stereocenters. The molecule has 4 nitrogen and oxygen atoms in total. The van der Waals surface area contributed by atoms with Gasteiger partial charge in [-0.1, -0.05) is 49.3 Å². The molecule has 1 aliphatic rings. The molecule has 1 rings (SSSR count). The maximum absolute atomic E-state index is 13.1. The van der Waals surface area contributed by atoms with Crippen LogP contribution in [0.4, 0.5) is 0 Å². The van der Waals surface area contributed by atoms with E-state index < -0.39 is 16.6 Å². The Balaban J connectivity index is 2.75. The summed E-state index contributed by atoms with van der Waals surface area (Å²) >= 11 is 0. The molecule has 1 heterocycles. The van der Waals surface area contributed by atoms with Gasteiger partial charge in [0.25, 0.3) is 0 Å². The maximum Gasteiger partial charge on any atom is 0.303 e. The average Bonchev–Trinajstić information content (AvgIpc) is 2.87. The minimum atomic E-state index is -0.621. The first kappa shape index (κ1) is 23.7. The van der Waals surface area contributed by atoms with E-state index in [1.807, 2.05) is 63.1 Å². The molecule has 0 saturated carbocycles. The summed E-state index contributed by atoms with van der Waals surface area (Å²) in [6.07, 6.45) is 2.61. The molecule has 0 aromatic carbocycles. The molecule has 26 heavy (non-hydrogen) atoms. The summed E-state index contributed by atoms with van der Waals surface area (Å²) in [5.74, 6) is 0.958. The third-order valence-corrected chi connectivity index (χ3v) is 8.02. The van der Waals surface area contributed by atoms with Crippen molar-refractivity contribution in [2.75, 3.05) is 5.75 Å². The molecule has 0 aliphatic carbocycles. The van der Waals surface area contributed by atoms with Crippen molar-refractivity contribution in [3.05, 3.63) is 0 Å². The van der Waals surface area contributed by atoms with Crippen molar-refractivity contribution in [1.82, 2.24) is 5.32 Å². The second-order valence-corrected chi connectivity index (χ2v) is 12.8. The van der Waals surface area contributed by atoms with E-state index in [0.29, 0.717) is 11.7 Å². The van der Waals surface area contributed by atoms with Crippen LogP contribution in [0.5, 0.6) is 0 Å². The highest BCUT2D eigenvalue weighted by Gasteiger charge is 2.42. The number of carbonyl (C=O) groups excluding carboxylic acids is 2. The highest BCUT2D eigenvalue weighted by atomic mass is 33.1. The van der Waals surface area contributed by atoms with Gasteiger partial charge in [0.2, 0.25) is 5.91 Å². The molecule has 1 aliphatic heterocycles. The summed E-state index contributed by atoms with van der Waals surface area (Å²) in [5, 5.41) is 3.79. The second kappa shape index (κ2) is 8.34. The van der Waals surface area contributed by atoms with Gasteiger partial charge >= 0.3 is 5.97 Å². The predicted molar refractivity (Wildman–Crippen MR) is 113 cm³/mol. The SMILES string of the molecule is CC(=O)OC(C)(C)CC(C)(C)NC(=O)C(C)(C)CC(C)(C)C1CCSS1. The first-order valence-corrected chi connectivity index (χ1v) is 11.8. The quantitative estimate of drug-likeness (QED) is 0.445. The molecule has 0 radical (unpaired) electrons. The lowest BCUT2D eigenvalue weighted by atomic mass is 9.71. The van der Waals surface area contributed by atoms with E-state index in [-0.39, 0.29) is 17.3 Å². The Morgan fingerprint density at radius 3 is 2.08 bits per heavy atom. The van der Waals surface area contributed by atoms with Crippen LogP contribution in [0.15, 0.2) is 0 Å². The van der Waals surface area contributed by atoms with Crippen LogP contribution in [0.3, 0.4) is 0 Å². The van der Waals surface area contributed by atoms with Gasteiger partial charge in [-0.15, -0.1) is 0 Å². The minimum Gasteiger partial charge on any atom is -0.460 e. The fraction of sp³-hybridized carbons (Fsp3) is 0.900. The van der Waals surface area contributed by atoms with Crippen molar-refractivity contribution in [1.29, 1.82) is 0 Å². The van der Waals surface area contributed by atoms with Crippen LogP contribution in [0.25, 0.3) is 0 Å². The third kappa shape index (κ3) is 7.34. The van der Waals surface area contributed by atoms with Gasteiger partial charge in [-0.2, -0.15) is 0 Å². The van der Waals surface area contributed by atoms with Crippen LogP contribution in [0.1, 0.15) is 81.6 Å². The number of nitrogens with one attached hydrogen (secondary N) is 1. The zero-order valence-corrected chi connectivity index (χ0v) is 19.6. The molecule has 0 bridgehead atoms. The van der Waals surface area contributed by atoms with Gasteiger partial charge in [0.05, 0.1) is 0 Å². The monoisotopic (exact) mass is 403 g/mol. The predicted octanol–water partition coefficient (Wildman–Crippen LogP) is 5.21. The Bertz CT molecular complexity index is 521. The van der Waals surface area contributed by atoms with Crippen molar-refractivity contribution in [3.8, 4) is 0 Å². The summed E-state index contributed by atoms with van der Waals surface area (Å²) < 4.78 is 5.39. The number of ether oxygens (including phenoxy) is 1. The number of carbonyl (C=O) groups is 2. The Labute approximate surface area is 167 Å². The molecule has 1 saturated heterocycles. The molecule has 1 N–H and O–H groups in total. The zero-order valence-electron chi connectivity index (χ0n) is 17.9. The summed E-state index contributed by atoms with van der Waals surface area (Å²) in [6, 6.07) is 0. The topological polar surface area (TPSA) is 55.4 Å². The van der Waals surface area contributed by atoms with E-state index in [1.165, 1.54) is 19.1 Å². The number of amides is 1. The van der Waals surface area contributed by atoms with Gasteiger partial charge in [0.1, 0.15) is 5.60 Å². The van der Waals surface area contributed by atoms with Crippen LogP contribution in [0.2, 0.25) is 0 Å². The molecular formula is C20H37NO3S2. The fourth-order valence-corrected chi connectivity index (χ4v) is 7.64. The largest absolute Gasteiger partial charge is 0.460 e. The molecule has 0 aromatic rings. The molecule has 152 valence electrons. The lowest BCUT2D eigenvalue weighted by molar-refractivity contribution is -0.155. The fourth-order valence-electron chi connectivity index (χ4n) is 4.20. The minimum absolute atomic E-state index is 0.0600. The first-order chi connectivity index (χ1) is 11.6. The maximum atomic E-state index is 13.1. The van der Waals surface area contributed by atoms with E-state index in [0.717, 1.165) is 6.42 Å². The van der Waals surface area contributed by atoms with E-state index in [4.69, 9.17) is 4.74 Å². The molecule has 1 atom stereocenters. The van der Waals surface area contributed by atoms with Gasteiger partial charge in [-0.25, -0.2) is 0 Å². The van der Waals surface area contributed by atoms with Gasteiger partial charge in [0.15, 0.2) is 0 Å². The van der Waals surface area contributed by atoms with Crippen molar-refractivity contribution >= 4 is 33.5 Å². The first-order valence-electron chi connectivity index (χ1n) is 9.37. The Morgan fingerprint density at radius 2 is 1.62 bits per heavy atom. The van der Waals surface area contributed by atoms with Crippen molar-refractivity contribution in [3.63, 3.8) is 0 Å². The number of esters is 1. The van der Waals surface area contributed by atoms with Crippen LogP contribution in [0, 0.1) is 10.8 Å². The normalized spacial score (nSPS) is 19.3. The Kier molecular flexibility index (Phi) is 7.59. The van der Waals surface area contributed by atoms with E-state index in [1.54, 1.807) is 0 Å². The summed E-state index contributed by atoms with van der Waals surface area (Å²) in [4.78, 5) is 24.3. The van der Waals surface area contributed by atoms with E-state index in [2.05, 4.69) is 19.2 Å². The lowest BCUT2D eigenvalue weighted by Gasteiger charge is -2.40. The Morgan fingerprint density at radius 1 is 1.04 bits per heavy atom. The standard InChI is InChI=1S/C20H37NO3S2/c1-14(22)24-20(8,9)13-19(6,7)21-16(23)18(4,5)12-17(2,3)15-10-11-25-26-15/h15H,10-13H2,1-9H3,(H,21,23). The number of hydrogen-bond acceptors (Lipinski definition) is 5. The zero-order chi connectivity index (χ0) is 20.4. The van der Waals surface area contributed by atoms with Gasteiger partial charge in [-0.05, 0) is 46.0 Å². The van der Waals surface area contributed by atoms with Crippen molar-refractivity contribution in [2.45, 2.75) is 98.0 Å². The van der Waals surface area contributed by atoms with Gasteiger partial charge < -0.3 is 10.1 Å². The van der Waals surface area contributed by atoms with E-state index in [9.17, 15) is 9.59 Å². The molecule has 1 fully saturated rings. The lowest BCUT2D eigenvalue weighted by Crippen LogP contribution is -2.53.